The molecule has 4 bridgehead atoms. The molecule has 4 rings (SSSR count). The highest BCUT2D eigenvalue weighted by Crippen LogP contribution is 2.60. The lowest BCUT2D eigenvalue weighted by Gasteiger charge is -2.55. The molecule has 0 heterocycles. The maximum Gasteiger partial charge on any atom is 0.326 e. The summed E-state index contributed by atoms with van der Waals surface area (Å²) in [7, 11) is 0. The molecule has 11 nitrogen and oxygen atoms in total. The smallest absolute Gasteiger partial charge is 0.326 e. The van der Waals surface area contributed by atoms with E-state index in [2.05, 4.69) is 20.7 Å². The quantitative estimate of drug-likeness (QED) is 0.120. The van der Waals surface area contributed by atoms with Gasteiger partial charge in [0.15, 0.2) is 0 Å². The molecule has 0 spiro atoms. The highest BCUT2D eigenvalue weighted by atomic mass is 16.4. The van der Waals surface area contributed by atoms with Gasteiger partial charge in [0, 0.05) is 25.3 Å². The topological polar surface area (TPSA) is 178 Å². The number of carbonyl (C=O) groups excluding carboxylic acids is 4. The van der Waals surface area contributed by atoms with Crippen molar-refractivity contribution in [2.75, 3.05) is 6.54 Å². The number of Topliss-reactive ketones (excluding diaryl/α,β-unsaturated/α-hetero) is 1. The third kappa shape index (κ3) is 7.22. The van der Waals surface area contributed by atoms with Gasteiger partial charge in [-0.15, -0.1) is 0 Å². The zero-order valence-electron chi connectivity index (χ0n) is 20.8. The highest BCUT2D eigenvalue weighted by Gasteiger charge is 2.55. The molecule has 0 aromatic heterocycles. The number of nitrogens with zero attached hydrogens (tertiary/aromatic N) is 2. The molecule has 0 radical (unpaired) electrons. The third-order valence-corrected chi connectivity index (χ3v) is 7.93. The summed E-state index contributed by atoms with van der Waals surface area (Å²) in [6.45, 7) is 1.87. The number of ketones is 1. The minimum absolute atomic E-state index is 0.121. The number of hydrogen-bond acceptors (Lipinski definition) is 5. The molecular formula is C25H37N5O6. The van der Waals surface area contributed by atoms with Crippen LogP contribution in [0.5, 0.6) is 0 Å². The Morgan fingerprint density at radius 1 is 0.972 bits per heavy atom. The van der Waals surface area contributed by atoms with Crippen molar-refractivity contribution in [3.63, 3.8) is 0 Å². The van der Waals surface area contributed by atoms with E-state index in [-0.39, 0.29) is 24.7 Å². The van der Waals surface area contributed by atoms with Crippen molar-refractivity contribution in [2.45, 2.75) is 89.6 Å². The fraction of sp³-hybridized carbons (Fsp3) is 0.760. The summed E-state index contributed by atoms with van der Waals surface area (Å²) in [6, 6.07) is -2.24. The van der Waals surface area contributed by atoms with E-state index in [0.29, 0.717) is 49.8 Å². The van der Waals surface area contributed by atoms with E-state index >= 15 is 0 Å². The SMILES string of the molecule is CC(=O)NCCCC[C@H](NC(=O)C12CC3CC(CC(C3)C1)C2)C(=O)N[C@@H](CCC(=O)C=[N+]=[N-])C(=O)O. The molecule has 3 amide bonds. The van der Waals surface area contributed by atoms with E-state index in [9.17, 15) is 29.1 Å². The Morgan fingerprint density at radius 2 is 1.58 bits per heavy atom. The van der Waals surface area contributed by atoms with Gasteiger partial charge in [-0.25, -0.2) is 4.79 Å². The Balaban J connectivity index is 1.65. The average molecular weight is 504 g/mol. The molecule has 2 atom stereocenters. The van der Waals surface area contributed by atoms with Crippen LogP contribution in [0.3, 0.4) is 0 Å². The van der Waals surface area contributed by atoms with Gasteiger partial charge in [0.1, 0.15) is 12.1 Å². The average Bonchev–Trinajstić information content (AvgIpc) is 2.79. The van der Waals surface area contributed by atoms with Gasteiger partial charge in [0.05, 0.1) is 0 Å². The van der Waals surface area contributed by atoms with E-state index in [0.717, 1.165) is 19.3 Å². The second-order valence-electron chi connectivity index (χ2n) is 10.9. The molecule has 4 aliphatic carbocycles. The minimum atomic E-state index is -1.33. The van der Waals surface area contributed by atoms with Crippen LogP contribution >= 0.6 is 0 Å². The van der Waals surface area contributed by atoms with Crippen LogP contribution in [0.15, 0.2) is 0 Å². The maximum atomic E-state index is 13.5. The van der Waals surface area contributed by atoms with Crippen molar-refractivity contribution in [3.8, 4) is 0 Å². The molecule has 4 aliphatic rings. The van der Waals surface area contributed by atoms with E-state index in [1.807, 2.05) is 0 Å². The van der Waals surface area contributed by atoms with Crippen molar-refractivity contribution in [2.24, 2.45) is 23.2 Å². The lowest BCUT2D eigenvalue weighted by atomic mass is 9.49. The molecule has 4 fully saturated rings. The number of nitrogens with one attached hydrogen (secondary N) is 3. The Kier molecular flexibility index (Phi) is 9.37. The van der Waals surface area contributed by atoms with E-state index < -0.39 is 35.2 Å². The van der Waals surface area contributed by atoms with Gasteiger partial charge < -0.3 is 26.6 Å². The monoisotopic (exact) mass is 503 g/mol. The molecule has 0 unspecified atom stereocenters. The van der Waals surface area contributed by atoms with Crippen molar-refractivity contribution in [1.29, 1.82) is 0 Å². The number of rotatable bonds is 14. The Labute approximate surface area is 210 Å². The van der Waals surface area contributed by atoms with E-state index in [1.54, 1.807) is 0 Å². The van der Waals surface area contributed by atoms with E-state index in [4.69, 9.17) is 5.53 Å². The molecule has 36 heavy (non-hydrogen) atoms. The third-order valence-electron chi connectivity index (χ3n) is 7.93. The molecule has 0 aliphatic heterocycles. The second-order valence-corrected chi connectivity index (χ2v) is 10.9. The van der Waals surface area contributed by atoms with Crippen LogP contribution in [0.25, 0.3) is 5.53 Å². The van der Waals surface area contributed by atoms with E-state index in [1.165, 1.54) is 26.2 Å². The van der Waals surface area contributed by atoms with Gasteiger partial charge in [0.25, 0.3) is 0 Å². The van der Waals surface area contributed by atoms with Crippen LogP contribution in [-0.2, 0) is 24.0 Å². The van der Waals surface area contributed by atoms with Gasteiger partial charge in [0.2, 0.25) is 23.5 Å². The molecule has 4 N–H and O–H groups in total. The zero-order chi connectivity index (χ0) is 26.3. The zero-order valence-corrected chi connectivity index (χ0v) is 20.8. The first-order valence-corrected chi connectivity index (χ1v) is 12.9. The predicted molar refractivity (Wildman–Crippen MR) is 129 cm³/mol. The molecule has 0 saturated heterocycles. The fourth-order valence-electron chi connectivity index (χ4n) is 6.65. The number of hydrogen-bond donors (Lipinski definition) is 4. The molecule has 11 heteroatoms. The summed E-state index contributed by atoms with van der Waals surface area (Å²) in [4.78, 5) is 63.7. The van der Waals surface area contributed by atoms with Gasteiger partial charge in [-0.05, 0) is 82.0 Å². The first-order chi connectivity index (χ1) is 17.1. The lowest BCUT2D eigenvalue weighted by Crippen LogP contribution is -2.58. The minimum Gasteiger partial charge on any atom is -0.480 e. The van der Waals surface area contributed by atoms with Crippen LogP contribution in [0.4, 0.5) is 0 Å². The number of amides is 3. The molecule has 4 saturated carbocycles. The van der Waals surface area contributed by atoms with Crippen molar-refractivity contribution >= 4 is 35.7 Å². The molecule has 198 valence electrons. The number of carboxylic acids is 1. The second kappa shape index (κ2) is 12.3. The Hall–Kier alpha value is -3.07. The van der Waals surface area contributed by atoms with Crippen molar-refractivity contribution in [3.05, 3.63) is 5.53 Å². The molecule has 0 aromatic rings. The predicted octanol–water partition coefficient (Wildman–Crippen LogP) is 1.21. The van der Waals surface area contributed by atoms with Crippen LogP contribution in [0, 0.1) is 23.2 Å². The summed E-state index contributed by atoms with van der Waals surface area (Å²) in [5.41, 5.74) is 8.00. The van der Waals surface area contributed by atoms with Crippen LogP contribution < -0.4 is 16.0 Å². The van der Waals surface area contributed by atoms with Gasteiger partial charge >= 0.3 is 12.2 Å². The Bertz CT molecular complexity index is 893. The largest absolute Gasteiger partial charge is 0.480 e. The van der Waals surface area contributed by atoms with Crippen LogP contribution in [-0.4, -0.2) is 64.2 Å². The molecular weight excluding hydrogens is 466 g/mol. The number of carbonyl (C=O) groups is 5. The van der Waals surface area contributed by atoms with Gasteiger partial charge in [-0.1, -0.05) is 0 Å². The van der Waals surface area contributed by atoms with Gasteiger partial charge in [-0.3, -0.25) is 19.2 Å². The number of aliphatic carboxylic acids is 1. The lowest BCUT2D eigenvalue weighted by molar-refractivity contribution is -0.149. The summed E-state index contributed by atoms with van der Waals surface area (Å²) in [6.07, 6.45) is 7.80. The highest BCUT2D eigenvalue weighted by molar-refractivity contribution is 6.25. The Morgan fingerprint density at radius 3 is 2.11 bits per heavy atom. The maximum absolute atomic E-state index is 13.5. The van der Waals surface area contributed by atoms with Crippen molar-refractivity contribution in [1.82, 2.24) is 16.0 Å². The summed E-state index contributed by atoms with van der Waals surface area (Å²) >= 11 is 0. The summed E-state index contributed by atoms with van der Waals surface area (Å²) in [5.74, 6) is -1.07. The normalized spacial score (nSPS) is 27.3. The van der Waals surface area contributed by atoms with Gasteiger partial charge in [-0.2, -0.15) is 4.79 Å². The molecule has 0 aromatic carbocycles. The number of carboxylic acid groups (broad SMARTS) is 1. The van der Waals surface area contributed by atoms with Crippen LogP contribution in [0.1, 0.15) is 77.6 Å². The summed E-state index contributed by atoms with van der Waals surface area (Å²) < 4.78 is 0. The fourth-order valence-corrected chi connectivity index (χ4v) is 6.65. The summed E-state index contributed by atoms with van der Waals surface area (Å²) in [5, 5.41) is 17.7. The first-order valence-electron chi connectivity index (χ1n) is 12.9. The number of unbranched alkanes of at least 4 members (excludes halogenated alkanes) is 1. The van der Waals surface area contributed by atoms with Crippen molar-refractivity contribution < 1.29 is 33.9 Å². The first kappa shape index (κ1) is 27.5. The van der Waals surface area contributed by atoms with Crippen LogP contribution in [0.2, 0.25) is 0 Å². The standard InChI is InChI=1S/C25H37N5O6/c1-15(31)27-7-3-2-4-20(22(33)29-21(23(34)35)6-5-19(32)14-28-26)30-24(36)25-11-16-8-17(12-25)10-18(9-16)13-25/h14,16-18,20-21H,2-13H2,1H3,(H,27,31)(H,29,33)(H,30,36)(H,34,35)/t16?,17?,18?,20-,21-,25?/m0/s1.